The second kappa shape index (κ2) is 37.2. The third-order valence-electron chi connectivity index (χ3n) is 11.0. The molecule has 4 nitrogen and oxygen atoms in total. The first kappa shape index (κ1) is 68.4. The molecule has 0 spiro atoms. The average Bonchev–Trinajstić information content (AvgIpc) is 3.39. The number of nitrogens with zero attached hydrogens (tertiary/aromatic N) is 4. The van der Waals surface area contributed by atoms with Crippen LogP contribution in [0.3, 0.4) is 0 Å². The van der Waals surface area contributed by atoms with Crippen LogP contribution in [-0.4, -0.2) is 9.97 Å². The Morgan fingerprint density at radius 3 is 0.600 bits per heavy atom. The van der Waals surface area contributed by atoms with Crippen molar-refractivity contribution in [1.82, 2.24) is 9.97 Å². The fraction of sp³-hybridized carbons (Fsp3) is 0.159. The fourth-order valence-corrected chi connectivity index (χ4v) is 6.60. The van der Waals surface area contributed by atoms with E-state index in [4.69, 9.17) is 10.6 Å². The Morgan fingerprint density at radius 2 is 0.467 bits per heavy atom. The van der Waals surface area contributed by atoms with Crippen molar-refractivity contribution in [2.24, 2.45) is 0 Å². The summed E-state index contributed by atoms with van der Waals surface area (Å²) in [5, 5.41) is 10.3. The van der Waals surface area contributed by atoms with Crippen LogP contribution in [0, 0.1) is 69.2 Å². The van der Waals surface area contributed by atoms with Crippen LogP contribution in [0.4, 0.5) is 11.4 Å². The normalized spacial score (nSPS) is 9.60. The molecule has 0 bridgehead atoms. The molecule has 9 aromatic rings. The molecule has 0 saturated carbocycles. The molecule has 0 unspecified atom stereocenters. The van der Waals surface area contributed by atoms with E-state index in [-0.39, 0.29) is 59.8 Å². The molecule has 2 heterocycles. The summed E-state index contributed by atoms with van der Waals surface area (Å²) < 4.78 is 0. The largest absolute Gasteiger partial charge is 4.00 e. The van der Waals surface area contributed by atoms with Gasteiger partial charge in [-0.25, -0.2) is 0 Å². The Labute approximate surface area is 493 Å². The van der Waals surface area contributed by atoms with E-state index in [2.05, 4.69) is 107 Å². The van der Waals surface area contributed by atoms with Gasteiger partial charge in [-0.15, -0.1) is 84.2 Å². The topological polar surface area (TPSA) is 54.0 Å². The summed E-state index contributed by atoms with van der Waals surface area (Å²) in [4.78, 5) is 9.06. The van der Waals surface area contributed by atoms with Crippen molar-refractivity contribution in [2.45, 2.75) is 73.9 Å². The molecule has 0 N–H and O–H groups in total. The van der Waals surface area contributed by atoms with Crippen molar-refractivity contribution in [2.75, 3.05) is 0 Å². The molecule has 382 valence electrons. The Balaban J connectivity index is 0.000000983. The standard InChI is InChI=1S/C26H32N4.6C7H7.CH4.2Zr/c1-17-18(2)24(30-26(7,8)22-14-10-12-16-28-22)20(4)19(3)23(17)29-25(5,6)21-13-9-11-15-27-21;6*1-7-5-3-2-4-6-7;;;/h9-16H,1-8H3;6*2-6H,1H2;1H4;;/q-2;6*-1;;2*+4. The van der Waals surface area contributed by atoms with E-state index < -0.39 is 11.1 Å². The molecule has 0 aliphatic carbocycles. The third kappa shape index (κ3) is 27.0. The Morgan fingerprint density at radius 1 is 0.293 bits per heavy atom. The smallest absolute Gasteiger partial charge is 0.674 e. The zero-order valence-electron chi connectivity index (χ0n) is 45.0. The molecule has 0 radical (unpaired) electrons. The van der Waals surface area contributed by atoms with E-state index in [9.17, 15) is 0 Å². The van der Waals surface area contributed by atoms with E-state index >= 15 is 0 Å². The second-order valence-corrected chi connectivity index (χ2v) is 17.9. The monoisotopic (exact) mass is 1140 g/mol. The van der Waals surface area contributed by atoms with Gasteiger partial charge in [0.25, 0.3) is 0 Å². The van der Waals surface area contributed by atoms with Crippen molar-refractivity contribution in [3.05, 3.63) is 350 Å². The number of hydrogen-bond donors (Lipinski definition) is 0. The van der Waals surface area contributed by atoms with Crippen LogP contribution in [0.2, 0.25) is 0 Å². The van der Waals surface area contributed by atoms with Gasteiger partial charge < -0.3 is 10.6 Å². The van der Waals surface area contributed by atoms with Crippen LogP contribution >= 0.6 is 0 Å². The minimum absolute atomic E-state index is 0. The summed E-state index contributed by atoms with van der Waals surface area (Å²) in [5.74, 6) is 0. The quantitative estimate of drug-likeness (QED) is 0.156. The summed E-state index contributed by atoms with van der Waals surface area (Å²) in [6.07, 6.45) is 3.65. The minimum atomic E-state index is -0.415. The van der Waals surface area contributed by atoms with Gasteiger partial charge in [0, 0.05) is 23.8 Å². The molecule has 6 heteroatoms. The zero-order valence-corrected chi connectivity index (χ0v) is 49.9. The molecule has 0 amide bonds. The van der Waals surface area contributed by atoms with Gasteiger partial charge in [-0.05, 0) is 52.0 Å². The summed E-state index contributed by atoms with van der Waals surface area (Å²) in [6, 6.07) is 71.2. The number of aromatic nitrogens is 2. The third-order valence-corrected chi connectivity index (χ3v) is 11.0. The molecule has 9 rings (SSSR count). The van der Waals surface area contributed by atoms with Crippen LogP contribution in [0.15, 0.2) is 231 Å². The van der Waals surface area contributed by atoms with Crippen LogP contribution in [-0.2, 0) is 63.5 Å². The molecular formula is C69H78N4Zr2. The van der Waals surface area contributed by atoms with Gasteiger partial charge in [-0.1, -0.05) is 117 Å². The van der Waals surface area contributed by atoms with Gasteiger partial charge in [0.2, 0.25) is 0 Å². The maximum absolute atomic E-state index is 5.16. The van der Waals surface area contributed by atoms with Gasteiger partial charge in [0.15, 0.2) is 0 Å². The number of hydrogen-bond acceptors (Lipinski definition) is 2. The van der Waals surface area contributed by atoms with Gasteiger partial charge in [-0.2, -0.15) is 148 Å². The minimum Gasteiger partial charge on any atom is -0.674 e. The summed E-state index contributed by atoms with van der Waals surface area (Å²) in [7, 11) is 0. The first-order valence-electron chi connectivity index (χ1n) is 24.0. The number of benzene rings is 7. The van der Waals surface area contributed by atoms with Crippen LogP contribution in [0.5, 0.6) is 0 Å². The zero-order chi connectivity index (χ0) is 52.8. The maximum atomic E-state index is 5.16. The number of rotatable bonds is 6. The van der Waals surface area contributed by atoms with E-state index in [0.717, 1.165) is 78.4 Å². The van der Waals surface area contributed by atoms with E-state index in [0.29, 0.717) is 0 Å². The van der Waals surface area contributed by atoms with E-state index in [1.165, 1.54) is 0 Å². The van der Waals surface area contributed by atoms with Crippen molar-refractivity contribution in [1.29, 1.82) is 0 Å². The SMILES string of the molecule is C.Cc1c(C)c([N-]C(C)(C)c2ccccn2)c(C)c(C)c1[N-]C(C)(C)c1ccccn1.[CH2-]c1ccccc1.[CH2-]c1ccccc1.[CH2-]c1ccccc1.[CH2-]c1ccccc1.[CH2-]c1ccccc1.[CH2-]c1ccccc1.[Zr+4].[Zr+4]. The van der Waals surface area contributed by atoms with Gasteiger partial charge in [-0.3, -0.25) is 9.97 Å². The summed E-state index contributed by atoms with van der Waals surface area (Å²) >= 11 is 0. The molecule has 0 fully saturated rings. The molecule has 0 aliphatic rings. The molecule has 0 aliphatic heterocycles. The van der Waals surface area contributed by atoms with E-state index in [1.54, 1.807) is 0 Å². The van der Waals surface area contributed by atoms with Gasteiger partial charge in [0.1, 0.15) is 0 Å². The Hall–Kier alpha value is -6.57. The first-order chi connectivity index (χ1) is 34.4. The predicted octanol–water partition coefficient (Wildman–Crippen LogP) is 19.4. The molecular weight excluding hydrogens is 1070 g/mol. The Kier molecular flexibility index (Phi) is 33.9. The van der Waals surface area contributed by atoms with Crippen LogP contribution in [0.25, 0.3) is 10.6 Å². The Bertz CT molecular complexity index is 2390. The molecule has 2 aromatic heterocycles. The van der Waals surface area contributed by atoms with Gasteiger partial charge in [0.05, 0.1) is 0 Å². The molecule has 0 atom stereocenters. The van der Waals surface area contributed by atoms with E-state index in [1.807, 2.05) is 231 Å². The van der Waals surface area contributed by atoms with Crippen LogP contribution < -0.4 is 0 Å². The maximum Gasteiger partial charge on any atom is 4.00 e. The fourth-order valence-electron chi connectivity index (χ4n) is 6.60. The molecule has 7 aromatic carbocycles. The van der Waals surface area contributed by atoms with Gasteiger partial charge >= 0.3 is 52.4 Å². The summed E-state index contributed by atoms with van der Waals surface area (Å²) in [5.41, 5.74) is 14.3. The number of pyridine rings is 2. The van der Waals surface area contributed by atoms with Crippen LogP contribution in [0.1, 0.15) is 102 Å². The average molecular weight is 1150 g/mol. The summed E-state index contributed by atoms with van der Waals surface area (Å²) in [6.45, 7) is 39.3. The second-order valence-electron chi connectivity index (χ2n) is 17.9. The molecule has 0 saturated heterocycles. The van der Waals surface area contributed by atoms with Crippen molar-refractivity contribution < 1.29 is 52.4 Å². The van der Waals surface area contributed by atoms with Crippen molar-refractivity contribution in [3.63, 3.8) is 0 Å². The van der Waals surface area contributed by atoms with Crippen molar-refractivity contribution >= 4 is 11.4 Å². The van der Waals surface area contributed by atoms with Crippen molar-refractivity contribution in [3.8, 4) is 0 Å². The molecule has 75 heavy (non-hydrogen) atoms. The first-order valence-corrected chi connectivity index (χ1v) is 24.0. The predicted molar refractivity (Wildman–Crippen MR) is 318 cm³/mol.